The Morgan fingerprint density at radius 1 is 1.47 bits per heavy atom. The van der Waals surface area contributed by atoms with Gasteiger partial charge in [-0.2, -0.15) is 0 Å². The first kappa shape index (κ1) is 14.5. The van der Waals surface area contributed by atoms with Crippen LogP contribution >= 0.6 is 0 Å². The van der Waals surface area contributed by atoms with E-state index in [-0.39, 0.29) is 12.0 Å². The zero-order valence-electron chi connectivity index (χ0n) is 11.5. The van der Waals surface area contributed by atoms with Gasteiger partial charge in [0.2, 0.25) is 0 Å². The maximum Gasteiger partial charge on any atom is 0.324 e. The summed E-state index contributed by atoms with van der Waals surface area (Å²) < 4.78 is 5.08. The van der Waals surface area contributed by atoms with E-state index in [0.29, 0.717) is 18.7 Å². The van der Waals surface area contributed by atoms with Crippen LogP contribution in [0.5, 0.6) is 0 Å². The highest BCUT2D eigenvalue weighted by molar-refractivity contribution is 5.76. The normalized spacial score (nSPS) is 27.1. The summed E-state index contributed by atoms with van der Waals surface area (Å²) in [6.45, 7) is 7.51. The van der Waals surface area contributed by atoms with Gasteiger partial charge in [0.1, 0.15) is 6.04 Å². The molecule has 1 rings (SSSR count). The van der Waals surface area contributed by atoms with Crippen molar-refractivity contribution in [1.29, 1.82) is 0 Å². The quantitative estimate of drug-likeness (QED) is 0.715. The lowest BCUT2D eigenvalue weighted by atomic mass is 10.1. The lowest BCUT2D eigenvalue weighted by molar-refractivity contribution is -0.146. The summed E-state index contributed by atoms with van der Waals surface area (Å²) in [5, 5.41) is 3.06. The molecule has 1 heterocycles. The molecular weight excluding hydrogens is 216 g/mol. The van der Waals surface area contributed by atoms with E-state index in [2.05, 4.69) is 24.1 Å². The highest BCUT2D eigenvalue weighted by Crippen LogP contribution is 2.25. The molecule has 0 radical (unpaired) electrons. The third-order valence-electron chi connectivity index (χ3n) is 3.74. The summed E-state index contributed by atoms with van der Waals surface area (Å²) in [7, 11) is 1.82. The summed E-state index contributed by atoms with van der Waals surface area (Å²) in [6.07, 6.45) is 3.64. The Hall–Kier alpha value is -0.610. The van der Waals surface area contributed by atoms with Crippen LogP contribution in [0.25, 0.3) is 0 Å². The van der Waals surface area contributed by atoms with Gasteiger partial charge >= 0.3 is 5.97 Å². The molecule has 0 aromatic carbocycles. The smallest absolute Gasteiger partial charge is 0.324 e. The standard InChI is InChI=1S/C13H26N2O2/c1-5-11-8-7-10(3)15(11)9-12(14-4)13(16)17-6-2/h10-12,14H,5-9H2,1-4H3. The largest absolute Gasteiger partial charge is 0.465 e. The molecular formula is C13H26N2O2. The maximum absolute atomic E-state index is 11.8. The monoisotopic (exact) mass is 242 g/mol. The number of ether oxygens (including phenoxy) is 1. The van der Waals surface area contributed by atoms with E-state index >= 15 is 0 Å². The Bertz CT molecular complexity index is 246. The first-order chi connectivity index (χ1) is 8.13. The van der Waals surface area contributed by atoms with Gasteiger partial charge < -0.3 is 10.1 Å². The van der Waals surface area contributed by atoms with Gasteiger partial charge in [-0.1, -0.05) is 6.92 Å². The number of likely N-dealkylation sites (N-methyl/N-ethyl adjacent to an activating group) is 1. The van der Waals surface area contributed by atoms with Crippen molar-refractivity contribution < 1.29 is 9.53 Å². The molecule has 1 fully saturated rings. The van der Waals surface area contributed by atoms with Crippen molar-refractivity contribution in [2.45, 2.75) is 58.2 Å². The van der Waals surface area contributed by atoms with Crippen LogP contribution in [-0.4, -0.2) is 49.2 Å². The van der Waals surface area contributed by atoms with Gasteiger partial charge in [-0.25, -0.2) is 0 Å². The molecule has 4 heteroatoms. The Labute approximate surface area is 105 Å². The van der Waals surface area contributed by atoms with Crippen LogP contribution in [0, 0.1) is 0 Å². The van der Waals surface area contributed by atoms with E-state index in [4.69, 9.17) is 4.74 Å². The number of rotatable bonds is 6. The Morgan fingerprint density at radius 3 is 2.71 bits per heavy atom. The number of esters is 1. The minimum absolute atomic E-state index is 0.135. The molecule has 1 aliphatic rings. The summed E-state index contributed by atoms with van der Waals surface area (Å²) in [5.41, 5.74) is 0. The molecule has 0 aromatic heterocycles. The average Bonchev–Trinajstić information content (AvgIpc) is 2.67. The molecule has 4 nitrogen and oxygen atoms in total. The van der Waals surface area contributed by atoms with E-state index in [0.717, 1.165) is 13.0 Å². The number of likely N-dealkylation sites (tertiary alicyclic amines) is 1. The summed E-state index contributed by atoms with van der Waals surface area (Å²) >= 11 is 0. The van der Waals surface area contributed by atoms with Gasteiger partial charge in [0.15, 0.2) is 0 Å². The predicted octanol–water partition coefficient (Wildman–Crippen LogP) is 1.40. The number of nitrogens with zero attached hydrogens (tertiary/aromatic N) is 1. The highest BCUT2D eigenvalue weighted by Gasteiger charge is 2.32. The zero-order chi connectivity index (χ0) is 12.8. The predicted molar refractivity (Wildman–Crippen MR) is 69.0 cm³/mol. The Balaban J connectivity index is 2.57. The van der Waals surface area contributed by atoms with E-state index in [9.17, 15) is 4.79 Å². The summed E-state index contributed by atoms with van der Waals surface area (Å²) in [5.74, 6) is -0.135. The number of nitrogens with one attached hydrogen (secondary N) is 1. The number of hydrogen-bond donors (Lipinski definition) is 1. The fourth-order valence-electron chi connectivity index (χ4n) is 2.63. The van der Waals surface area contributed by atoms with Gasteiger partial charge in [-0.05, 0) is 40.2 Å². The number of carbonyl (C=O) groups is 1. The van der Waals surface area contributed by atoms with Crippen LogP contribution in [0.4, 0.5) is 0 Å². The molecule has 1 saturated heterocycles. The van der Waals surface area contributed by atoms with Crippen molar-refractivity contribution in [3.05, 3.63) is 0 Å². The first-order valence-electron chi connectivity index (χ1n) is 6.73. The third-order valence-corrected chi connectivity index (χ3v) is 3.74. The third kappa shape index (κ3) is 3.68. The van der Waals surface area contributed by atoms with Crippen molar-refractivity contribution in [3.8, 4) is 0 Å². The molecule has 1 aliphatic heterocycles. The van der Waals surface area contributed by atoms with Crippen molar-refractivity contribution >= 4 is 5.97 Å². The highest BCUT2D eigenvalue weighted by atomic mass is 16.5. The molecule has 3 unspecified atom stereocenters. The minimum atomic E-state index is -0.204. The molecule has 17 heavy (non-hydrogen) atoms. The van der Waals surface area contributed by atoms with Gasteiger partial charge in [0.25, 0.3) is 0 Å². The summed E-state index contributed by atoms with van der Waals surface area (Å²) in [6, 6.07) is 0.991. The van der Waals surface area contributed by atoms with Crippen molar-refractivity contribution in [3.63, 3.8) is 0 Å². The van der Waals surface area contributed by atoms with Crippen LogP contribution in [0.1, 0.15) is 40.0 Å². The van der Waals surface area contributed by atoms with E-state index in [1.165, 1.54) is 12.8 Å². The lowest BCUT2D eigenvalue weighted by Crippen LogP contribution is -2.48. The molecule has 0 saturated carbocycles. The van der Waals surface area contributed by atoms with Crippen LogP contribution in [-0.2, 0) is 9.53 Å². The van der Waals surface area contributed by atoms with Crippen LogP contribution in [0.2, 0.25) is 0 Å². The second-order valence-corrected chi connectivity index (χ2v) is 4.78. The van der Waals surface area contributed by atoms with Crippen LogP contribution in [0.15, 0.2) is 0 Å². The Morgan fingerprint density at radius 2 is 2.18 bits per heavy atom. The van der Waals surface area contributed by atoms with Gasteiger partial charge in [0.05, 0.1) is 6.61 Å². The van der Waals surface area contributed by atoms with E-state index in [1.807, 2.05) is 14.0 Å². The van der Waals surface area contributed by atoms with E-state index < -0.39 is 0 Å². The molecule has 100 valence electrons. The SMILES string of the molecule is CCOC(=O)C(CN1C(C)CCC1CC)NC. The lowest BCUT2D eigenvalue weighted by Gasteiger charge is -2.30. The topological polar surface area (TPSA) is 41.6 Å². The van der Waals surface area contributed by atoms with Gasteiger partial charge in [-0.3, -0.25) is 9.69 Å². The molecule has 0 amide bonds. The fraction of sp³-hybridized carbons (Fsp3) is 0.923. The number of hydrogen-bond acceptors (Lipinski definition) is 4. The first-order valence-corrected chi connectivity index (χ1v) is 6.73. The zero-order valence-corrected chi connectivity index (χ0v) is 11.5. The summed E-state index contributed by atoms with van der Waals surface area (Å²) in [4.78, 5) is 14.2. The molecule has 0 bridgehead atoms. The average molecular weight is 242 g/mol. The van der Waals surface area contributed by atoms with Gasteiger partial charge in [-0.15, -0.1) is 0 Å². The van der Waals surface area contributed by atoms with Gasteiger partial charge in [0, 0.05) is 18.6 Å². The van der Waals surface area contributed by atoms with Crippen molar-refractivity contribution in [2.75, 3.05) is 20.2 Å². The Kier molecular flexibility index (Phi) is 5.92. The van der Waals surface area contributed by atoms with Crippen LogP contribution < -0.4 is 5.32 Å². The number of carbonyl (C=O) groups excluding carboxylic acids is 1. The molecule has 0 aromatic rings. The maximum atomic E-state index is 11.8. The van der Waals surface area contributed by atoms with Crippen molar-refractivity contribution in [1.82, 2.24) is 10.2 Å². The van der Waals surface area contributed by atoms with Crippen LogP contribution in [0.3, 0.4) is 0 Å². The van der Waals surface area contributed by atoms with E-state index in [1.54, 1.807) is 0 Å². The van der Waals surface area contributed by atoms with Crippen molar-refractivity contribution in [2.24, 2.45) is 0 Å². The second kappa shape index (κ2) is 6.97. The molecule has 1 N–H and O–H groups in total. The molecule has 0 aliphatic carbocycles. The minimum Gasteiger partial charge on any atom is -0.465 e. The molecule has 3 atom stereocenters. The fourth-order valence-corrected chi connectivity index (χ4v) is 2.63. The second-order valence-electron chi connectivity index (χ2n) is 4.78. The molecule has 0 spiro atoms.